The maximum atomic E-state index is 11.9. The van der Waals surface area contributed by atoms with Crippen molar-refractivity contribution in [1.29, 1.82) is 0 Å². The van der Waals surface area contributed by atoms with E-state index in [0.717, 1.165) is 21.2 Å². The molecule has 5 heteroatoms. The zero-order valence-corrected chi connectivity index (χ0v) is 14.0. The van der Waals surface area contributed by atoms with Gasteiger partial charge in [-0.3, -0.25) is 9.59 Å². The quantitative estimate of drug-likeness (QED) is 0.824. The first-order chi connectivity index (χ1) is 10.5. The van der Waals surface area contributed by atoms with Crippen LogP contribution in [0.25, 0.3) is 0 Å². The highest BCUT2D eigenvalue weighted by Crippen LogP contribution is 2.23. The molecule has 0 aromatic heterocycles. The summed E-state index contributed by atoms with van der Waals surface area (Å²) in [6.07, 6.45) is 0. The second-order valence-corrected chi connectivity index (χ2v) is 5.96. The summed E-state index contributed by atoms with van der Waals surface area (Å²) in [5, 5.41) is 5.20. The summed E-state index contributed by atoms with van der Waals surface area (Å²) in [6, 6.07) is 13.3. The molecule has 2 aromatic rings. The Morgan fingerprint density at radius 2 is 1.73 bits per heavy atom. The SMILES string of the molecule is Cc1cccc(CNC(=O)C(=O)Nc2ccc(C)cc2Br)c1. The largest absolute Gasteiger partial charge is 0.344 e. The van der Waals surface area contributed by atoms with Crippen molar-refractivity contribution >= 4 is 33.4 Å². The lowest BCUT2D eigenvalue weighted by molar-refractivity contribution is -0.136. The molecular formula is C17H17BrN2O2. The summed E-state index contributed by atoms with van der Waals surface area (Å²) in [4.78, 5) is 23.7. The van der Waals surface area contributed by atoms with E-state index in [2.05, 4.69) is 26.6 Å². The lowest BCUT2D eigenvalue weighted by Crippen LogP contribution is -2.35. The number of hydrogen-bond acceptors (Lipinski definition) is 2. The van der Waals surface area contributed by atoms with Crippen LogP contribution < -0.4 is 10.6 Å². The summed E-state index contributed by atoms with van der Waals surface area (Å²) in [5.74, 6) is -1.34. The van der Waals surface area contributed by atoms with Gasteiger partial charge in [0.25, 0.3) is 0 Å². The van der Waals surface area contributed by atoms with Crippen molar-refractivity contribution in [1.82, 2.24) is 5.32 Å². The number of aryl methyl sites for hydroxylation is 2. The Balaban J connectivity index is 1.93. The molecule has 2 amide bonds. The summed E-state index contributed by atoms with van der Waals surface area (Å²) >= 11 is 3.36. The van der Waals surface area contributed by atoms with Gasteiger partial charge in [-0.15, -0.1) is 0 Å². The molecule has 0 saturated carbocycles. The van der Waals surface area contributed by atoms with Crippen molar-refractivity contribution in [3.05, 3.63) is 63.6 Å². The number of benzene rings is 2. The van der Waals surface area contributed by atoms with Gasteiger partial charge in [-0.2, -0.15) is 0 Å². The van der Waals surface area contributed by atoms with E-state index >= 15 is 0 Å². The second-order valence-electron chi connectivity index (χ2n) is 5.11. The molecule has 2 aromatic carbocycles. The molecule has 0 spiro atoms. The molecule has 0 radical (unpaired) electrons. The Kier molecular flexibility index (Phi) is 5.33. The number of rotatable bonds is 3. The third-order valence-corrected chi connectivity index (χ3v) is 3.77. The molecule has 0 bridgehead atoms. The zero-order valence-electron chi connectivity index (χ0n) is 12.4. The lowest BCUT2D eigenvalue weighted by atomic mass is 10.1. The van der Waals surface area contributed by atoms with Crippen LogP contribution in [-0.4, -0.2) is 11.8 Å². The predicted octanol–water partition coefficient (Wildman–Crippen LogP) is 3.32. The van der Waals surface area contributed by atoms with Gasteiger partial charge < -0.3 is 10.6 Å². The van der Waals surface area contributed by atoms with E-state index < -0.39 is 11.8 Å². The minimum Gasteiger partial charge on any atom is -0.344 e. The summed E-state index contributed by atoms with van der Waals surface area (Å²) < 4.78 is 0.743. The normalized spacial score (nSPS) is 10.1. The van der Waals surface area contributed by atoms with Crippen LogP contribution in [0.15, 0.2) is 46.9 Å². The van der Waals surface area contributed by atoms with E-state index in [1.54, 1.807) is 6.07 Å². The molecule has 0 aliphatic carbocycles. The number of carbonyl (C=O) groups excluding carboxylic acids is 2. The maximum absolute atomic E-state index is 11.9. The standard InChI is InChI=1S/C17H17BrN2O2/c1-11-4-3-5-13(8-11)10-19-16(21)17(22)20-15-7-6-12(2)9-14(15)18/h3-9H,10H2,1-2H3,(H,19,21)(H,20,22). The van der Waals surface area contributed by atoms with Crippen molar-refractivity contribution in [2.75, 3.05) is 5.32 Å². The van der Waals surface area contributed by atoms with Crippen LogP contribution in [0.2, 0.25) is 0 Å². The van der Waals surface area contributed by atoms with E-state index in [-0.39, 0.29) is 0 Å². The van der Waals surface area contributed by atoms with E-state index in [1.807, 2.05) is 50.2 Å². The minimum absolute atomic E-state index is 0.322. The lowest BCUT2D eigenvalue weighted by Gasteiger charge is -2.09. The van der Waals surface area contributed by atoms with Gasteiger partial charge in [-0.05, 0) is 53.0 Å². The van der Waals surface area contributed by atoms with E-state index in [9.17, 15) is 9.59 Å². The highest BCUT2D eigenvalue weighted by Gasteiger charge is 2.14. The molecule has 0 saturated heterocycles. The van der Waals surface area contributed by atoms with Gasteiger partial charge in [0.15, 0.2) is 0 Å². The minimum atomic E-state index is -0.683. The van der Waals surface area contributed by atoms with Crippen LogP contribution in [0.1, 0.15) is 16.7 Å². The number of amides is 2. The average molecular weight is 361 g/mol. The van der Waals surface area contributed by atoms with Crippen molar-refractivity contribution in [2.24, 2.45) is 0 Å². The number of carbonyl (C=O) groups is 2. The molecule has 0 unspecified atom stereocenters. The zero-order chi connectivity index (χ0) is 16.1. The van der Waals surface area contributed by atoms with Gasteiger partial charge in [0, 0.05) is 11.0 Å². The molecule has 22 heavy (non-hydrogen) atoms. The second kappa shape index (κ2) is 7.22. The Hall–Kier alpha value is -2.14. The van der Waals surface area contributed by atoms with E-state index in [4.69, 9.17) is 0 Å². The van der Waals surface area contributed by atoms with E-state index in [1.165, 1.54) is 0 Å². The highest BCUT2D eigenvalue weighted by molar-refractivity contribution is 9.10. The van der Waals surface area contributed by atoms with Gasteiger partial charge in [0.2, 0.25) is 0 Å². The summed E-state index contributed by atoms with van der Waals surface area (Å²) in [7, 11) is 0. The Morgan fingerprint density at radius 1 is 1.00 bits per heavy atom. The third kappa shape index (κ3) is 4.43. The Bertz CT molecular complexity index is 714. The molecule has 0 aliphatic rings. The molecule has 0 aliphatic heterocycles. The molecule has 0 atom stereocenters. The number of nitrogens with one attached hydrogen (secondary N) is 2. The maximum Gasteiger partial charge on any atom is 0.313 e. The van der Waals surface area contributed by atoms with Crippen molar-refractivity contribution < 1.29 is 9.59 Å². The first-order valence-corrected chi connectivity index (χ1v) is 7.66. The number of halogens is 1. The van der Waals surface area contributed by atoms with Gasteiger partial charge >= 0.3 is 11.8 Å². The molecule has 0 heterocycles. The van der Waals surface area contributed by atoms with Crippen LogP contribution in [0.3, 0.4) is 0 Å². The van der Waals surface area contributed by atoms with Crippen molar-refractivity contribution in [3.8, 4) is 0 Å². The molecule has 0 fully saturated rings. The van der Waals surface area contributed by atoms with Crippen LogP contribution in [0.5, 0.6) is 0 Å². The monoisotopic (exact) mass is 360 g/mol. The average Bonchev–Trinajstić information content (AvgIpc) is 2.47. The van der Waals surface area contributed by atoms with E-state index in [0.29, 0.717) is 12.2 Å². The fraction of sp³-hybridized carbons (Fsp3) is 0.176. The Labute approximate surface area is 138 Å². The van der Waals surface area contributed by atoms with Crippen LogP contribution >= 0.6 is 15.9 Å². The fourth-order valence-corrected chi connectivity index (χ4v) is 2.58. The van der Waals surface area contributed by atoms with Gasteiger partial charge in [-0.1, -0.05) is 35.9 Å². The molecule has 114 valence electrons. The van der Waals surface area contributed by atoms with Gasteiger partial charge in [0.1, 0.15) is 0 Å². The first kappa shape index (κ1) is 16.2. The van der Waals surface area contributed by atoms with Gasteiger partial charge in [0.05, 0.1) is 5.69 Å². The topological polar surface area (TPSA) is 58.2 Å². The first-order valence-electron chi connectivity index (χ1n) is 6.86. The molecular weight excluding hydrogens is 344 g/mol. The van der Waals surface area contributed by atoms with Crippen LogP contribution in [-0.2, 0) is 16.1 Å². The van der Waals surface area contributed by atoms with Crippen molar-refractivity contribution in [2.45, 2.75) is 20.4 Å². The summed E-state index contributed by atoms with van der Waals surface area (Å²) in [6.45, 7) is 4.25. The van der Waals surface area contributed by atoms with Gasteiger partial charge in [-0.25, -0.2) is 0 Å². The van der Waals surface area contributed by atoms with Crippen molar-refractivity contribution in [3.63, 3.8) is 0 Å². The van der Waals surface area contributed by atoms with Crippen LogP contribution in [0.4, 0.5) is 5.69 Å². The highest BCUT2D eigenvalue weighted by atomic mass is 79.9. The fourth-order valence-electron chi connectivity index (χ4n) is 1.99. The number of hydrogen-bond donors (Lipinski definition) is 2. The summed E-state index contributed by atoms with van der Waals surface area (Å²) in [5.41, 5.74) is 3.70. The molecule has 4 nitrogen and oxygen atoms in total. The Morgan fingerprint density at radius 3 is 2.41 bits per heavy atom. The predicted molar refractivity (Wildman–Crippen MR) is 90.5 cm³/mol. The molecule has 2 N–H and O–H groups in total. The van der Waals surface area contributed by atoms with Crippen LogP contribution in [0, 0.1) is 13.8 Å². The molecule has 2 rings (SSSR count). The smallest absolute Gasteiger partial charge is 0.313 e. The third-order valence-electron chi connectivity index (χ3n) is 3.11. The number of anilines is 1.